The predicted molar refractivity (Wildman–Crippen MR) is 64.9 cm³/mol. The average molecular weight is 217 g/mol. The lowest BCUT2D eigenvalue weighted by Gasteiger charge is -2.23. The smallest absolute Gasteiger partial charge is 0.303 e. The Labute approximate surface area is 94.1 Å². The van der Waals surface area contributed by atoms with Gasteiger partial charge in [0.2, 0.25) is 0 Å². The van der Waals surface area contributed by atoms with Gasteiger partial charge in [-0.1, -0.05) is 47.0 Å². The normalized spacial score (nSPS) is 13.7. The molecule has 3 nitrogen and oxygen atoms in total. The van der Waals surface area contributed by atoms with Crippen molar-refractivity contribution in [1.82, 2.24) is 0 Å². The molecule has 1 atom stereocenters. The molecule has 3 N–H and O–H groups in total. The second kappa shape index (κ2) is 9.97. The van der Waals surface area contributed by atoms with Gasteiger partial charge in [0.25, 0.3) is 0 Å². The minimum absolute atomic E-state index is 0.167. The molecule has 92 valence electrons. The van der Waals surface area contributed by atoms with Gasteiger partial charge in [0.1, 0.15) is 0 Å². The second-order valence-electron chi connectivity index (χ2n) is 4.29. The molecule has 1 unspecified atom stereocenters. The highest BCUT2D eigenvalue weighted by molar-refractivity contribution is 5.67. The fourth-order valence-electron chi connectivity index (χ4n) is 1.06. The van der Waals surface area contributed by atoms with Gasteiger partial charge >= 0.3 is 5.97 Å². The van der Waals surface area contributed by atoms with Crippen LogP contribution < -0.4 is 5.73 Å². The number of carboxylic acid groups (broad SMARTS) is 1. The Morgan fingerprint density at radius 1 is 1.27 bits per heavy atom. The molecule has 0 heterocycles. The van der Waals surface area contributed by atoms with Crippen LogP contribution in [0.5, 0.6) is 0 Å². The largest absolute Gasteiger partial charge is 0.481 e. The van der Waals surface area contributed by atoms with Crippen molar-refractivity contribution in [2.45, 2.75) is 59.8 Å². The summed E-state index contributed by atoms with van der Waals surface area (Å²) in [4.78, 5) is 10.3. The second-order valence-corrected chi connectivity index (χ2v) is 4.29. The van der Waals surface area contributed by atoms with Gasteiger partial charge in [-0.2, -0.15) is 0 Å². The van der Waals surface area contributed by atoms with E-state index in [0.29, 0.717) is 6.54 Å². The maximum atomic E-state index is 10.3. The van der Waals surface area contributed by atoms with Gasteiger partial charge in [-0.15, -0.1) is 0 Å². The molecule has 0 aliphatic rings. The van der Waals surface area contributed by atoms with Crippen molar-refractivity contribution in [2.24, 2.45) is 11.1 Å². The van der Waals surface area contributed by atoms with Crippen molar-refractivity contribution in [2.75, 3.05) is 6.54 Å². The average Bonchev–Trinajstić information content (AvgIpc) is 2.19. The summed E-state index contributed by atoms with van der Waals surface area (Å²) in [5, 5.41) is 8.46. The van der Waals surface area contributed by atoms with Crippen LogP contribution in [0, 0.1) is 5.41 Å². The first-order valence-corrected chi connectivity index (χ1v) is 5.87. The first-order chi connectivity index (χ1) is 6.95. The van der Waals surface area contributed by atoms with Gasteiger partial charge in [0, 0.05) is 0 Å². The van der Waals surface area contributed by atoms with Crippen molar-refractivity contribution < 1.29 is 9.90 Å². The molecule has 0 radical (unpaired) electrons. The third-order valence-electron chi connectivity index (χ3n) is 2.63. The number of carboxylic acids is 1. The summed E-state index contributed by atoms with van der Waals surface area (Å²) in [6.07, 6.45) is 5.06. The lowest BCUT2D eigenvalue weighted by molar-refractivity contribution is -0.139. The van der Waals surface area contributed by atoms with Crippen LogP contribution >= 0.6 is 0 Å². The quantitative estimate of drug-likeness (QED) is 0.718. The van der Waals surface area contributed by atoms with Crippen LogP contribution in [0.25, 0.3) is 0 Å². The van der Waals surface area contributed by atoms with E-state index in [1.165, 1.54) is 19.3 Å². The van der Waals surface area contributed by atoms with Gasteiger partial charge in [-0.3, -0.25) is 4.79 Å². The molecule has 0 aromatic heterocycles. The first-order valence-electron chi connectivity index (χ1n) is 5.87. The zero-order valence-corrected chi connectivity index (χ0v) is 10.7. The Balaban J connectivity index is 0. The van der Waals surface area contributed by atoms with E-state index < -0.39 is 5.97 Å². The highest BCUT2D eigenvalue weighted by Crippen LogP contribution is 2.23. The van der Waals surface area contributed by atoms with Gasteiger partial charge in [0.05, 0.1) is 6.42 Å². The van der Waals surface area contributed by atoms with Crippen LogP contribution in [0.15, 0.2) is 0 Å². The number of unbranched alkanes of at least 4 members (excludes halogenated alkanes) is 2. The maximum absolute atomic E-state index is 10.3. The van der Waals surface area contributed by atoms with E-state index in [2.05, 4.69) is 13.8 Å². The molecule has 3 heteroatoms. The van der Waals surface area contributed by atoms with E-state index in [1.54, 1.807) is 0 Å². The number of hydrogen-bond donors (Lipinski definition) is 2. The fraction of sp³-hybridized carbons (Fsp3) is 0.917. The lowest BCUT2D eigenvalue weighted by Crippen LogP contribution is -2.29. The Hall–Kier alpha value is -0.570. The minimum atomic E-state index is -0.769. The molecule has 0 aliphatic heterocycles. The topological polar surface area (TPSA) is 63.3 Å². The third kappa shape index (κ3) is 11.4. The van der Waals surface area contributed by atoms with Crippen molar-refractivity contribution in [3.05, 3.63) is 0 Å². The van der Waals surface area contributed by atoms with E-state index in [9.17, 15) is 4.79 Å². The Morgan fingerprint density at radius 3 is 1.80 bits per heavy atom. The van der Waals surface area contributed by atoms with E-state index in [1.807, 2.05) is 13.8 Å². The molecule has 0 amide bonds. The lowest BCUT2D eigenvalue weighted by atomic mass is 9.84. The van der Waals surface area contributed by atoms with Crippen LogP contribution in [0.1, 0.15) is 59.8 Å². The molecule has 0 aromatic rings. The first kappa shape index (κ1) is 16.8. The molecule has 0 spiro atoms. The number of rotatable bonds is 6. The molecule has 0 rings (SSSR count). The van der Waals surface area contributed by atoms with E-state index >= 15 is 0 Å². The molecule has 0 bridgehead atoms. The summed E-state index contributed by atoms with van der Waals surface area (Å²) in [5.41, 5.74) is 5.19. The Bertz CT molecular complexity index is 152. The zero-order valence-electron chi connectivity index (χ0n) is 10.7. The molecule has 0 aliphatic carbocycles. The summed E-state index contributed by atoms with van der Waals surface area (Å²) in [7, 11) is 0. The van der Waals surface area contributed by atoms with E-state index in [0.717, 1.165) is 6.42 Å². The zero-order chi connectivity index (χ0) is 12.3. The summed E-state index contributed by atoms with van der Waals surface area (Å²) in [6.45, 7) is 8.71. The predicted octanol–water partition coefficient (Wildman–Crippen LogP) is 3.03. The van der Waals surface area contributed by atoms with Gasteiger partial charge in [-0.25, -0.2) is 0 Å². The van der Waals surface area contributed by atoms with Crippen LogP contribution in [0.4, 0.5) is 0 Å². The van der Waals surface area contributed by atoms with Gasteiger partial charge < -0.3 is 10.8 Å². The summed E-state index contributed by atoms with van der Waals surface area (Å²) in [6, 6.07) is 0. The van der Waals surface area contributed by atoms with Crippen molar-refractivity contribution >= 4 is 5.97 Å². The number of hydrogen-bond acceptors (Lipinski definition) is 2. The van der Waals surface area contributed by atoms with Crippen molar-refractivity contribution in [1.29, 1.82) is 0 Å². The molecule has 0 saturated heterocycles. The molecule has 0 fully saturated rings. The highest BCUT2D eigenvalue weighted by atomic mass is 16.4. The summed E-state index contributed by atoms with van der Waals surface area (Å²) in [5.74, 6) is -0.769. The third-order valence-corrected chi connectivity index (χ3v) is 2.63. The Kier molecular flexibility index (Phi) is 11.2. The molecular weight excluding hydrogens is 190 g/mol. The van der Waals surface area contributed by atoms with Crippen molar-refractivity contribution in [3.8, 4) is 0 Å². The summed E-state index contributed by atoms with van der Waals surface area (Å²) >= 11 is 0. The standard InChI is InChI=1S/C7H15NO2.C5H12/c1-3-7(2,5-8)4-6(9)10;1-3-5-4-2/h3-5,8H2,1-2H3,(H,9,10);3-5H2,1-2H3. The van der Waals surface area contributed by atoms with Crippen LogP contribution in [-0.4, -0.2) is 17.6 Å². The monoisotopic (exact) mass is 217 g/mol. The van der Waals surface area contributed by atoms with Crippen LogP contribution in [0.3, 0.4) is 0 Å². The highest BCUT2D eigenvalue weighted by Gasteiger charge is 2.23. The van der Waals surface area contributed by atoms with Gasteiger partial charge in [-0.05, 0) is 18.4 Å². The number of carbonyl (C=O) groups is 1. The number of nitrogens with two attached hydrogens (primary N) is 1. The van der Waals surface area contributed by atoms with Crippen LogP contribution in [-0.2, 0) is 4.79 Å². The molecule has 0 aromatic carbocycles. The SMILES string of the molecule is CCC(C)(CN)CC(=O)O.CCCCC. The van der Waals surface area contributed by atoms with E-state index in [4.69, 9.17) is 10.8 Å². The molecular formula is C12H27NO2. The summed E-state index contributed by atoms with van der Waals surface area (Å²) < 4.78 is 0. The molecule has 15 heavy (non-hydrogen) atoms. The Morgan fingerprint density at radius 2 is 1.73 bits per heavy atom. The number of aliphatic carboxylic acids is 1. The minimum Gasteiger partial charge on any atom is -0.481 e. The van der Waals surface area contributed by atoms with E-state index in [-0.39, 0.29) is 11.8 Å². The van der Waals surface area contributed by atoms with Gasteiger partial charge in [0.15, 0.2) is 0 Å². The van der Waals surface area contributed by atoms with Crippen molar-refractivity contribution in [3.63, 3.8) is 0 Å². The maximum Gasteiger partial charge on any atom is 0.303 e. The fourth-order valence-corrected chi connectivity index (χ4v) is 1.06. The van der Waals surface area contributed by atoms with Crippen LogP contribution in [0.2, 0.25) is 0 Å². The molecule has 0 saturated carbocycles.